The maximum Gasteiger partial charge on any atom is 0.352 e. The minimum atomic E-state index is -0.785. The summed E-state index contributed by atoms with van der Waals surface area (Å²) in [5.41, 5.74) is -1.87. The Balaban J connectivity index is 1.43. The second kappa shape index (κ2) is 10.0. The Hall–Kier alpha value is -3.42. The number of carbonyl (C=O) groups is 2. The fourth-order valence-corrected chi connectivity index (χ4v) is 11.2. The van der Waals surface area contributed by atoms with E-state index < -0.39 is 11.1 Å². The zero-order valence-electron chi connectivity index (χ0n) is 27.5. The lowest BCUT2D eigenvalue weighted by Gasteiger charge is -2.71. The molecule has 0 N–H and O–H groups in total. The standard InChI is InChI=1S/C37H47N3O5/c1-23(2)29(42)14-12-24(3)28-13-15-30-34(28,5)18-17-31-35(6)19-16-27(45-25(4)41)22-36(35)20-21-37(30,31)40-33(44)38(32(43)39(36)40)26-10-8-7-9-11-26/h7-12,14,20-21,23-24,27-28,30-31H,13,15-19,22H2,1-6H3/t24-,27+,28-,30?,31?,34-,35-,36+,37-/m1/s1. The summed E-state index contributed by atoms with van der Waals surface area (Å²) in [7, 11) is 0. The lowest BCUT2D eigenvalue weighted by molar-refractivity contribution is -0.204. The molecule has 2 unspecified atom stereocenters. The van der Waals surface area contributed by atoms with Crippen LogP contribution < -0.4 is 11.4 Å². The third kappa shape index (κ3) is 3.83. The van der Waals surface area contributed by atoms with Crippen molar-refractivity contribution in [2.75, 3.05) is 0 Å². The maximum atomic E-state index is 14.8. The average Bonchev–Trinajstić information content (AvgIpc) is 3.50. The highest BCUT2D eigenvalue weighted by molar-refractivity contribution is 5.91. The second-order valence-electron chi connectivity index (χ2n) is 15.5. The Kier molecular flexibility index (Phi) is 6.75. The molecule has 240 valence electrons. The van der Waals surface area contributed by atoms with E-state index in [1.807, 2.05) is 48.9 Å². The van der Waals surface area contributed by atoms with Crippen LogP contribution in [0.15, 0.2) is 64.2 Å². The number of esters is 1. The van der Waals surface area contributed by atoms with Crippen LogP contribution >= 0.6 is 0 Å². The number of hydrogen-bond donors (Lipinski definition) is 0. The average molecular weight is 614 g/mol. The summed E-state index contributed by atoms with van der Waals surface area (Å²) in [4.78, 5) is 54.1. The van der Waals surface area contributed by atoms with Crippen LogP contribution in [0.25, 0.3) is 5.69 Å². The van der Waals surface area contributed by atoms with E-state index in [9.17, 15) is 19.2 Å². The Morgan fingerprint density at radius 3 is 2.31 bits per heavy atom. The summed E-state index contributed by atoms with van der Waals surface area (Å²) < 4.78 is 10.8. The molecule has 2 spiro atoms. The number of ketones is 1. The highest BCUT2D eigenvalue weighted by atomic mass is 16.5. The van der Waals surface area contributed by atoms with Crippen molar-refractivity contribution < 1.29 is 14.3 Å². The number of hydrogen-bond acceptors (Lipinski definition) is 5. The summed E-state index contributed by atoms with van der Waals surface area (Å²) in [5.74, 6) is 0.681. The van der Waals surface area contributed by atoms with Crippen molar-refractivity contribution in [2.45, 2.75) is 104 Å². The van der Waals surface area contributed by atoms with Crippen molar-refractivity contribution >= 4 is 11.8 Å². The molecule has 0 radical (unpaired) electrons. The monoisotopic (exact) mass is 613 g/mol. The van der Waals surface area contributed by atoms with Crippen LogP contribution in [-0.4, -0.2) is 31.8 Å². The molecule has 3 saturated carbocycles. The van der Waals surface area contributed by atoms with Gasteiger partial charge in [0.2, 0.25) is 0 Å². The number of benzene rings is 1. The molecule has 1 aromatic carbocycles. The zero-order valence-corrected chi connectivity index (χ0v) is 27.5. The van der Waals surface area contributed by atoms with Crippen LogP contribution in [0.2, 0.25) is 0 Å². The van der Waals surface area contributed by atoms with E-state index in [0.717, 1.165) is 38.5 Å². The van der Waals surface area contributed by atoms with Gasteiger partial charge in [-0.1, -0.05) is 71.0 Å². The Bertz CT molecular complexity index is 1730. The van der Waals surface area contributed by atoms with Crippen molar-refractivity contribution in [1.82, 2.24) is 13.9 Å². The van der Waals surface area contributed by atoms with E-state index in [0.29, 0.717) is 18.0 Å². The molecule has 9 atom stereocenters. The molecule has 8 nitrogen and oxygen atoms in total. The van der Waals surface area contributed by atoms with E-state index in [-0.39, 0.29) is 63.7 Å². The van der Waals surface area contributed by atoms with Crippen LogP contribution in [-0.2, 0) is 25.4 Å². The van der Waals surface area contributed by atoms with Crippen molar-refractivity contribution in [1.29, 1.82) is 0 Å². The number of rotatable bonds is 6. The van der Waals surface area contributed by atoms with Gasteiger partial charge in [0.05, 0.1) is 16.8 Å². The molecule has 0 saturated heterocycles. The fourth-order valence-electron chi connectivity index (χ4n) is 11.2. The van der Waals surface area contributed by atoms with Crippen LogP contribution in [0, 0.1) is 40.4 Å². The molecule has 3 heterocycles. The van der Waals surface area contributed by atoms with Gasteiger partial charge in [-0.25, -0.2) is 23.5 Å². The third-order valence-corrected chi connectivity index (χ3v) is 13.2. The summed E-state index contributed by atoms with van der Waals surface area (Å²) in [6.07, 6.45) is 14.1. The zero-order chi connectivity index (χ0) is 32.1. The highest BCUT2D eigenvalue weighted by Gasteiger charge is 2.75. The first-order valence-corrected chi connectivity index (χ1v) is 16.9. The van der Waals surface area contributed by atoms with Gasteiger partial charge >= 0.3 is 17.3 Å². The molecule has 8 heteroatoms. The molecule has 0 amide bonds. The van der Waals surface area contributed by atoms with E-state index in [1.165, 1.54) is 11.5 Å². The van der Waals surface area contributed by atoms with Crippen LogP contribution in [0.5, 0.6) is 0 Å². The van der Waals surface area contributed by atoms with Crippen LogP contribution in [0.4, 0.5) is 0 Å². The summed E-state index contributed by atoms with van der Waals surface area (Å²) in [6.45, 7) is 12.3. The first kappa shape index (κ1) is 30.2. The quantitative estimate of drug-likeness (QED) is 0.235. The number of allylic oxidation sites excluding steroid dienone is 4. The van der Waals surface area contributed by atoms with Crippen molar-refractivity contribution in [3.05, 3.63) is 75.6 Å². The van der Waals surface area contributed by atoms with E-state index in [1.54, 1.807) is 10.8 Å². The summed E-state index contributed by atoms with van der Waals surface area (Å²) in [6, 6.07) is 9.24. The van der Waals surface area contributed by atoms with Crippen LogP contribution in [0.3, 0.4) is 0 Å². The number of para-hydroxylation sites is 1. The number of ether oxygens (including phenoxy) is 1. The van der Waals surface area contributed by atoms with Gasteiger partial charge < -0.3 is 4.74 Å². The largest absolute Gasteiger partial charge is 0.462 e. The first-order valence-electron chi connectivity index (χ1n) is 16.9. The number of nitrogens with zero attached hydrogens (tertiary/aromatic N) is 3. The molecule has 8 rings (SSSR count). The van der Waals surface area contributed by atoms with E-state index in [4.69, 9.17) is 4.74 Å². The molecular formula is C37H47N3O5. The summed E-state index contributed by atoms with van der Waals surface area (Å²) >= 11 is 0. The molecule has 3 fully saturated rings. The highest BCUT2D eigenvalue weighted by Crippen LogP contribution is 2.74. The van der Waals surface area contributed by atoms with Gasteiger partial charge in [-0.15, -0.1) is 0 Å². The van der Waals surface area contributed by atoms with Gasteiger partial charge in [-0.05, 0) is 85.8 Å². The predicted molar refractivity (Wildman–Crippen MR) is 172 cm³/mol. The van der Waals surface area contributed by atoms with E-state index in [2.05, 4.69) is 39.0 Å². The predicted octanol–water partition coefficient (Wildman–Crippen LogP) is 5.76. The maximum absolute atomic E-state index is 14.8. The number of aromatic nitrogens is 3. The van der Waals surface area contributed by atoms with Gasteiger partial charge in [0.1, 0.15) is 6.10 Å². The number of fused-ring (bicyclic) bond motifs is 1. The normalized spacial score (nSPS) is 38.5. The van der Waals surface area contributed by atoms with Crippen molar-refractivity contribution in [2.24, 2.45) is 40.4 Å². The Labute approximate surface area is 265 Å². The second-order valence-corrected chi connectivity index (χ2v) is 15.5. The first-order chi connectivity index (χ1) is 21.3. The Morgan fingerprint density at radius 1 is 0.911 bits per heavy atom. The van der Waals surface area contributed by atoms with Gasteiger partial charge in [0.15, 0.2) is 5.78 Å². The minimum Gasteiger partial charge on any atom is -0.462 e. The third-order valence-electron chi connectivity index (χ3n) is 13.2. The van der Waals surface area contributed by atoms with Gasteiger partial charge in [-0.3, -0.25) is 9.59 Å². The minimum absolute atomic E-state index is 0.0292. The SMILES string of the molecule is CC(=O)O[C@H]1CC[C@]2(C)C3CC[C@@]4(C)C(CC[C@@H]4[C@H](C)C=CC(=O)C(C)C)[C@]34C=C[C@@]2(C1)n1c(=O)n(-c2ccccc2)c(=O)n14. The van der Waals surface area contributed by atoms with Gasteiger partial charge in [-0.2, -0.15) is 0 Å². The molecule has 1 aromatic heterocycles. The molecule has 2 aliphatic heterocycles. The Morgan fingerprint density at radius 2 is 1.62 bits per heavy atom. The molecule has 2 aromatic rings. The molecule has 2 bridgehead atoms. The molecule has 6 aliphatic rings. The number of carbonyl (C=O) groups excluding carboxylic acids is 2. The fraction of sp³-hybridized carbons (Fsp3) is 0.622. The van der Waals surface area contributed by atoms with Crippen LogP contribution in [0.1, 0.15) is 86.5 Å². The van der Waals surface area contributed by atoms with Gasteiger partial charge in [0, 0.05) is 24.7 Å². The van der Waals surface area contributed by atoms with Crippen molar-refractivity contribution in [3.8, 4) is 5.69 Å². The molecular weight excluding hydrogens is 566 g/mol. The topological polar surface area (TPSA) is 92.3 Å². The smallest absolute Gasteiger partial charge is 0.352 e. The molecule has 4 aliphatic carbocycles. The van der Waals surface area contributed by atoms with Gasteiger partial charge in [0.25, 0.3) is 0 Å². The molecule has 45 heavy (non-hydrogen) atoms. The van der Waals surface area contributed by atoms with E-state index >= 15 is 0 Å². The van der Waals surface area contributed by atoms with Crippen molar-refractivity contribution in [3.63, 3.8) is 0 Å². The lowest BCUT2D eigenvalue weighted by atomic mass is 9.40. The lowest BCUT2D eigenvalue weighted by Crippen LogP contribution is -2.76. The summed E-state index contributed by atoms with van der Waals surface area (Å²) in [5, 5.41) is 0.